The summed E-state index contributed by atoms with van der Waals surface area (Å²) in [5.41, 5.74) is 0. The zero-order valence-electron chi connectivity index (χ0n) is 11.8. The van der Waals surface area contributed by atoms with E-state index in [1.165, 1.54) is 17.1 Å². The molecule has 2 rings (SSSR count). The number of carbonyl (C=O) groups is 1. The molecular weight excluding hydrogens is 298 g/mol. The SMILES string of the molecule is COCCn1cc(S(=O)(=O)N2CCCCC2C(=O)O)cn1. The van der Waals surface area contributed by atoms with Gasteiger partial charge in [-0.3, -0.25) is 9.48 Å². The van der Waals surface area contributed by atoms with Crippen LogP contribution >= 0.6 is 0 Å². The Balaban J connectivity index is 2.23. The number of sulfonamides is 1. The van der Waals surface area contributed by atoms with Gasteiger partial charge in [-0.25, -0.2) is 8.42 Å². The van der Waals surface area contributed by atoms with Crippen molar-refractivity contribution in [2.45, 2.75) is 36.7 Å². The fourth-order valence-electron chi connectivity index (χ4n) is 2.36. The first-order chi connectivity index (χ1) is 9.96. The highest BCUT2D eigenvalue weighted by atomic mass is 32.2. The molecule has 1 unspecified atom stereocenters. The maximum absolute atomic E-state index is 12.6. The molecule has 0 amide bonds. The van der Waals surface area contributed by atoms with Crippen molar-refractivity contribution in [1.29, 1.82) is 0 Å². The third-order valence-electron chi connectivity index (χ3n) is 3.48. The summed E-state index contributed by atoms with van der Waals surface area (Å²) in [6.45, 7) is 1.08. The largest absolute Gasteiger partial charge is 0.480 e. The van der Waals surface area contributed by atoms with Crippen LogP contribution in [0.3, 0.4) is 0 Å². The molecule has 1 aliphatic rings. The molecule has 0 saturated carbocycles. The third kappa shape index (κ3) is 3.42. The summed E-state index contributed by atoms with van der Waals surface area (Å²) in [6.07, 6.45) is 4.38. The summed E-state index contributed by atoms with van der Waals surface area (Å²) in [7, 11) is -2.28. The highest BCUT2D eigenvalue weighted by Crippen LogP contribution is 2.25. The maximum Gasteiger partial charge on any atom is 0.322 e. The van der Waals surface area contributed by atoms with Crippen LogP contribution < -0.4 is 0 Å². The van der Waals surface area contributed by atoms with Crippen molar-refractivity contribution < 1.29 is 23.1 Å². The van der Waals surface area contributed by atoms with Gasteiger partial charge in [-0.1, -0.05) is 0 Å². The molecule has 0 aliphatic carbocycles. The van der Waals surface area contributed by atoms with Gasteiger partial charge in [0.2, 0.25) is 10.0 Å². The molecule has 1 aromatic heterocycles. The molecule has 1 atom stereocenters. The van der Waals surface area contributed by atoms with Crippen LogP contribution in [0.1, 0.15) is 19.3 Å². The minimum atomic E-state index is -3.83. The van der Waals surface area contributed by atoms with Gasteiger partial charge in [0.1, 0.15) is 10.9 Å². The summed E-state index contributed by atoms with van der Waals surface area (Å²) in [4.78, 5) is 11.3. The van der Waals surface area contributed by atoms with Crippen LogP contribution in [0.15, 0.2) is 17.3 Å². The Kier molecular flexibility index (Phi) is 4.96. The molecule has 0 aromatic carbocycles. The highest BCUT2D eigenvalue weighted by molar-refractivity contribution is 7.89. The number of ether oxygens (including phenoxy) is 1. The molecular formula is C12H19N3O5S. The summed E-state index contributed by atoms with van der Waals surface area (Å²) in [6, 6.07) is -0.994. The average molecular weight is 317 g/mol. The first kappa shape index (κ1) is 15.9. The van der Waals surface area contributed by atoms with Crippen LogP contribution in [0.25, 0.3) is 0 Å². The highest BCUT2D eigenvalue weighted by Gasteiger charge is 2.38. The lowest BCUT2D eigenvalue weighted by Crippen LogP contribution is -2.47. The number of rotatable bonds is 6. The van der Waals surface area contributed by atoms with Crippen LogP contribution in [0.2, 0.25) is 0 Å². The Morgan fingerprint density at radius 2 is 2.29 bits per heavy atom. The molecule has 118 valence electrons. The molecule has 0 bridgehead atoms. The number of aromatic nitrogens is 2. The number of carboxylic acids is 1. The van der Waals surface area contributed by atoms with Gasteiger partial charge >= 0.3 is 5.97 Å². The molecule has 1 aromatic rings. The Morgan fingerprint density at radius 3 is 2.95 bits per heavy atom. The Labute approximate surface area is 123 Å². The zero-order chi connectivity index (χ0) is 15.5. The Bertz CT molecular complexity index is 598. The van der Waals surface area contributed by atoms with Gasteiger partial charge < -0.3 is 9.84 Å². The first-order valence-electron chi connectivity index (χ1n) is 6.73. The van der Waals surface area contributed by atoms with Gasteiger partial charge in [0, 0.05) is 19.9 Å². The lowest BCUT2D eigenvalue weighted by molar-refractivity contribution is -0.142. The van der Waals surface area contributed by atoms with E-state index in [1.807, 2.05) is 0 Å². The molecule has 2 heterocycles. The van der Waals surface area contributed by atoms with E-state index in [2.05, 4.69) is 5.10 Å². The number of methoxy groups -OCH3 is 1. The number of aliphatic carboxylic acids is 1. The van der Waals surface area contributed by atoms with Crippen LogP contribution in [-0.2, 0) is 26.1 Å². The van der Waals surface area contributed by atoms with E-state index in [-0.39, 0.29) is 11.4 Å². The molecule has 0 radical (unpaired) electrons. The van der Waals surface area contributed by atoms with Gasteiger partial charge in [0.25, 0.3) is 0 Å². The van der Waals surface area contributed by atoms with Crippen molar-refractivity contribution in [3.63, 3.8) is 0 Å². The molecule has 8 nitrogen and oxygen atoms in total. The van der Waals surface area contributed by atoms with E-state index in [9.17, 15) is 18.3 Å². The second-order valence-electron chi connectivity index (χ2n) is 4.90. The molecule has 1 aliphatic heterocycles. The number of nitrogens with zero attached hydrogens (tertiary/aromatic N) is 3. The smallest absolute Gasteiger partial charge is 0.322 e. The molecule has 9 heteroatoms. The first-order valence-corrected chi connectivity index (χ1v) is 8.17. The van der Waals surface area contributed by atoms with Crippen LogP contribution in [0.4, 0.5) is 0 Å². The molecule has 1 fully saturated rings. The fourth-order valence-corrected chi connectivity index (χ4v) is 3.97. The Morgan fingerprint density at radius 1 is 1.52 bits per heavy atom. The molecule has 1 N–H and O–H groups in total. The fraction of sp³-hybridized carbons (Fsp3) is 0.667. The quantitative estimate of drug-likeness (QED) is 0.802. The lowest BCUT2D eigenvalue weighted by atomic mass is 10.1. The minimum absolute atomic E-state index is 0.0201. The van der Waals surface area contributed by atoms with Gasteiger partial charge in [0.15, 0.2) is 0 Å². The van der Waals surface area contributed by atoms with Crippen molar-refractivity contribution in [1.82, 2.24) is 14.1 Å². The van der Waals surface area contributed by atoms with Crippen molar-refractivity contribution in [3.05, 3.63) is 12.4 Å². The van der Waals surface area contributed by atoms with Crippen LogP contribution in [0.5, 0.6) is 0 Å². The second kappa shape index (κ2) is 6.54. The number of piperidine rings is 1. The number of hydrogen-bond acceptors (Lipinski definition) is 5. The summed E-state index contributed by atoms with van der Waals surface area (Å²) in [5, 5.41) is 13.2. The van der Waals surface area contributed by atoms with E-state index in [0.29, 0.717) is 26.0 Å². The third-order valence-corrected chi connectivity index (χ3v) is 5.34. The van der Waals surface area contributed by atoms with Crippen LogP contribution in [-0.4, -0.2) is 59.9 Å². The van der Waals surface area contributed by atoms with Gasteiger partial charge in [-0.15, -0.1) is 0 Å². The van der Waals surface area contributed by atoms with Gasteiger partial charge in [-0.05, 0) is 19.3 Å². The van der Waals surface area contributed by atoms with Crippen molar-refractivity contribution in [3.8, 4) is 0 Å². The summed E-state index contributed by atoms with van der Waals surface area (Å²) < 4.78 is 32.6. The maximum atomic E-state index is 12.6. The van der Waals surface area contributed by atoms with E-state index < -0.39 is 22.0 Å². The van der Waals surface area contributed by atoms with Crippen molar-refractivity contribution in [2.75, 3.05) is 20.3 Å². The predicted molar refractivity (Wildman–Crippen MR) is 73.3 cm³/mol. The lowest BCUT2D eigenvalue weighted by Gasteiger charge is -2.31. The number of hydrogen-bond donors (Lipinski definition) is 1. The zero-order valence-corrected chi connectivity index (χ0v) is 12.6. The minimum Gasteiger partial charge on any atom is -0.480 e. The summed E-state index contributed by atoms with van der Waals surface area (Å²) in [5.74, 6) is -1.11. The van der Waals surface area contributed by atoms with Gasteiger partial charge in [0.05, 0.1) is 19.3 Å². The summed E-state index contributed by atoms with van der Waals surface area (Å²) >= 11 is 0. The standard InChI is InChI=1S/C12H19N3O5S/c1-20-7-6-14-9-10(8-13-14)21(18,19)15-5-3-2-4-11(15)12(16)17/h8-9,11H,2-7H2,1H3,(H,16,17). The normalized spacial score (nSPS) is 20.5. The van der Waals surface area contributed by atoms with Gasteiger partial charge in [-0.2, -0.15) is 9.40 Å². The van der Waals surface area contributed by atoms with Crippen LogP contribution in [0, 0.1) is 0 Å². The Hall–Kier alpha value is -1.45. The van der Waals surface area contributed by atoms with Crippen molar-refractivity contribution >= 4 is 16.0 Å². The average Bonchev–Trinajstić information content (AvgIpc) is 2.94. The topological polar surface area (TPSA) is 102 Å². The molecule has 21 heavy (non-hydrogen) atoms. The molecule has 1 saturated heterocycles. The van der Waals surface area contributed by atoms with E-state index in [4.69, 9.17) is 4.74 Å². The monoisotopic (exact) mass is 317 g/mol. The number of carboxylic acid groups (broad SMARTS) is 1. The van der Waals surface area contributed by atoms with E-state index in [0.717, 1.165) is 10.7 Å². The second-order valence-corrected chi connectivity index (χ2v) is 6.79. The van der Waals surface area contributed by atoms with Crippen molar-refractivity contribution in [2.24, 2.45) is 0 Å². The van der Waals surface area contributed by atoms with E-state index >= 15 is 0 Å². The van der Waals surface area contributed by atoms with E-state index in [1.54, 1.807) is 7.11 Å². The molecule has 0 spiro atoms. The predicted octanol–water partition coefficient (Wildman–Crippen LogP) is 0.157.